The highest BCUT2D eigenvalue weighted by atomic mass is 16.6. The quantitative estimate of drug-likeness (QED) is 0.241. The molecule has 4 aromatic carbocycles. The number of nitrogens with zero attached hydrogens (tertiary/aromatic N) is 1. The molecule has 35 heavy (non-hydrogen) atoms. The lowest BCUT2D eigenvalue weighted by molar-refractivity contribution is -0.384. The Morgan fingerprint density at radius 1 is 0.829 bits per heavy atom. The van der Waals surface area contributed by atoms with Crippen LogP contribution in [-0.2, 0) is 6.61 Å². The minimum atomic E-state index is -0.484. The highest BCUT2D eigenvalue weighted by molar-refractivity contribution is 5.88. The highest BCUT2D eigenvalue weighted by Gasteiger charge is 2.23. The highest BCUT2D eigenvalue weighted by Crippen LogP contribution is 2.50. The van der Waals surface area contributed by atoms with Gasteiger partial charge in [-0.2, -0.15) is 0 Å². The number of phenols is 2. The molecular formula is C27H23NO7. The van der Waals surface area contributed by atoms with Crippen molar-refractivity contribution in [1.29, 1.82) is 0 Å². The van der Waals surface area contributed by atoms with Crippen LogP contribution in [0, 0.1) is 10.1 Å². The molecule has 178 valence electrons. The fourth-order valence-electron chi connectivity index (χ4n) is 3.78. The molecule has 0 spiro atoms. The first-order valence-electron chi connectivity index (χ1n) is 10.7. The van der Waals surface area contributed by atoms with Crippen molar-refractivity contribution in [3.8, 4) is 51.0 Å². The lowest BCUT2D eigenvalue weighted by Gasteiger charge is -2.18. The maximum absolute atomic E-state index is 11.1. The van der Waals surface area contributed by atoms with E-state index in [4.69, 9.17) is 14.2 Å². The lowest BCUT2D eigenvalue weighted by Crippen LogP contribution is -1.97. The maximum Gasteiger partial charge on any atom is 0.269 e. The fraction of sp³-hybridized carbons (Fsp3) is 0.111. The van der Waals surface area contributed by atoms with Gasteiger partial charge in [0.1, 0.15) is 12.4 Å². The number of non-ortho nitro benzene ring substituents is 1. The van der Waals surface area contributed by atoms with Gasteiger partial charge >= 0.3 is 0 Å². The van der Waals surface area contributed by atoms with Gasteiger partial charge in [0.25, 0.3) is 5.69 Å². The molecule has 8 nitrogen and oxygen atoms in total. The number of nitro benzene ring substituents is 1. The Kier molecular flexibility index (Phi) is 6.73. The van der Waals surface area contributed by atoms with Gasteiger partial charge < -0.3 is 24.4 Å². The summed E-state index contributed by atoms with van der Waals surface area (Å²) in [5.74, 6) is 0.494. The fourth-order valence-corrected chi connectivity index (χ4v) is 3.78. The zero-order valence-electron chi connectivity index (χ0n) is 19.1. The molecule has 0 aliphatic rings. The van der Waals surface area contributed by atoms with Gasteiger partial charge in [-0.15, -0.1) is 0 Å². The first-order valence-corrected chi connectivity index (χ1v) is 10.7. The summed E-state index contributed by atoms with van der Waals surface area (Å²) in [6.45, 7) is 0.292. The van der Waals surface area contributed by atoms with Gasteiger partial charge in [0.15, 0.2) is 23.0 Å². The molecule has 2 N–H and O–H groups in total. The van der Waals surface area contributed by atoms with E-state index in [-0.39, 0.29) is 22.9 Å². The van der Waals surface area contributed by atoms with E-state index < -0.39 is 4.92 Å². The van der Waals surface area contributed by atoms with Crippen molar-refractivity contribution in [3.05, 3.63) is 94.5 Å². The van der Waals surface area contributed by atoms with E-state index >= 15 is 0 Å². The standard InChI is InChI=1S/C27H23NO7/c1-33-24-15-21(18-8-11-20(12-9-18)28(31)32)27(34-2)26(30)25(24)19-10-13-23(22(29)14-19)35-16-17-6-4-3-5-7-17/h3-15,29-30H,16H2,1-2H3. The average molecular weight is 473 g/mol. The number of ether oxygens (including phenoxy) is 3. The van der Waals surface area contributed by atoms with Crippen LogP contribution < -0.4 is 14.2 Å². The first kappa shape index (κ1) is 23.4. The van der Waals surface area contributed by atoms with Crippen LogP contribution in [-0.4, -0.2) is 29.4 Å². The van der Waals surface area contributed by atoms with E-state index in [0.29, 0.717) is 40.4 Å². The van der Waals surface area contributed by atoms with Crippen molar-refractivity contribution in [3.63, 3.8) is 0 Å². The van der Waals surface area contributed by atoms with Crippen LogP contribution in [0.2, 0.25) is 0 Å². The summed E-state index contributed by atoms with van der Waals surface area (Å²) >= 11 is 0. The molecular weight excluding hydrogens is 450 g/mol. The molecule has 0 aliphatic carbocycles. The normalized spacial score (nSPS) is 10.6. The van der Waals surface area contributed by atoms with E-state index in [1.807, 2.05) is 30.3 Å². The number of aromatic hydroxyl groups is 2. The van der Waals surface area contributed by atoms with E-state index in [2.05, 4.69) is 0 Å². The molecule has 0 saturated heterocycles. The topological polar surface area (TPSA) is 111 Å². The number of hydrogen-bond acceptors (Lipinski definition) is 7. The summed E-state index contributed by atoms with van der Waals surface area (Å²) in [6, 6.07) is 21.9. The van der Waals surface area contributed by atoms with E-state index in [1.54, 1.807) is 30.3 Å². The maximum atomic E-state index is 11.1. The van der Waals surface area contributed by atoms with Gasteiger partial charge in [0, 0.05) is 17.7 Å². The van der Waals surface area contributed by atoms with Crippen LogP contribution in [0.5, 0.6) is 28.7 Å². The summed E-state index contributed by atoms with van der Waals surface area (Å²) < 4.78 is 16.8. The molecule has 0 aromatic heterocycles. The largest absolute Gasteiger partial charge is 0.504 e. The number of methoxy groups -OCH3 is 2. The van der Waals surface area contributed by atoms with Gasteiger partial charge in [-0.25, -0.2) is 0 Å². The third kappa shape index (κ3) is 4.81. The third-order valence-electron chi connectivity index (χ3n) is 5.52. The Morgan fingerprint density at radius 2 is 1.51 bits per heavy atom. The Labute approximate surface area is 201 Å². The monoisotopic (exact) mass is 473 g/mol. The second-order valence-electron chi connectivity index (χ2n) is 7.64. The molecule has 0 unspecified atom stereocenters. The predicted molar refractivity (Wildman–Crippen MR) is 131 cm³/mol. The van der Waals surface area contributed by atoms with Gasteiger partial charge in [-0.05, 0) is 47.0 Å². The molecule has 0 heterocycles. The Bertz CT molecular complexity index is 1350. The van der Waals surface area contributed by atoms with Crippen LogP contribution in [0.3, 0.4) is 0 Å². The minimum Gasteiger partial charge on any atom is -0.504 e. The number of phenolic OH excluding ortho intramolecular Hbond substituents is 2. The molecule has 4 rings (SSSR count). The average Bonchev–Trinajstić information content (AvgIpc) is 2.88. The Morgan fingerprint density at radius 3 is 2.11 bits per heavy atom. The molecule has 0 bridgehead atoms. The summed E-state index contributed by atoms with van der Waals surface area (Å²) in [5.41, 5.74) is 2.80. The zero-order chi connectivity index (χ0) is 24.9. The van der Waals surface area contributed by atoms with Crippen LogP contribution in [0.1, 0.15) is 5.56 Å². The molecule has 0 atom stereocenters. The molecule has 0 fully saturated rings. The molecule has 4 aromatic rings. The number of benzene rings is 4. The van der Waals surface area contributed by atoms with Crippen LogP contribution in [0.4, 0.5) is 5.69 Å². The Hall–Kier alpha value is -4.72. The third-order valence-corrected chi connectivity index (χ3v) is 5.52. The molecule has 0 amide bonds. The SMILES string of the molecule is COc1cc(-c2ccc([N+](=O)[O-])cc2)c(OC)c(O)c1-c1ccc(OCc2ccccc2)c(O)c1. The van der Waals surface area contributed by atoms with Gasteiger partial charge in [0.05, 0.1) is 24.7 Å². The molecule has 0 aliphatic heterocycles. The van der Waals surface area contributed by atoms with Crippen LogP contribution >= 0.6 is 0 Å². The zero-order valence-corrected chi connectivity index (χ0v) is 19.1. The molecule has 0 radical (unpaired) electrons. The lowest BCUT2D eigenvalue weighted by atomic mass is 9.96. The van der Waals surface area contributed by atoms with Gasteiger partial charge in [0.2, 0.25) is 0 Å². The van der Waals surface area contributed by atoms with Crippen molar-refractivity contribution in [2.75, 3.05) is 14.2 Å². The van der Waals surface area contributed by atoms with E-state index in [1.165, 1.54) is 32.4 Å². The second kappa shape index (κ2) is 10.0. The van der Waals surface area contributed by atoms with Crippen molar-refractivity contribution in [1.82, 2.24) is 0 Å². The van der Waals surface area contributed by atoms with Crippen molar-refractivity contribution in [2.45, 2.75) is 6.61 Å². The summed E-state index contributed by atoms with van der Waals surface area (Å²) in [4.78, 5) is 10.5. The van der Waals surface area contributed by atoms with E-state index in [0.717, 1.165) is 5.56 Å². The molecule has 8 heteroatoms. The predicted octanol–water partition coefficient (Wildman–Crippen LogP) is 5.94. The van der Waals surface area contributed by atoms with Crippen LogP contribution in [0.25, 0.3) is 22.3 Å². The van der Waals surface area contributed by atoms with Crippen molar-refractivity contribution < 1.29 is 29.3 Å². The number of nitro groups is 1. The summed E-state index contributed by atoms with van der Waals surface area (Å²) in [5, 5.41) is 32.7. The summed E-state index contributed by atoms with van der Waals surface area (Å²) in [7, 11) is 2.87. The van der Waals surface area contributed by atoms with Gasteiger partial charge in [-0.3, -0.25) is 10.1 Å². The van der Waals surface area contributed by atoms with Crippen LogP contribution in [0.15, 0.2) is 78.9 Å². The Balaban J connectivity index is 1.71. The molecule has 0 saturated carbocycles. The van der Waals surface area contributed by atoms with Gasteiger partial charge in [-0.1, -0.05) is 36.4 Å². The van der Waals surface area contributed by atoms with Crippen molar-refractivity contribution in [2.24, 2.45) is 0 Å². The number of rotatable bonds is 8. The van der Waals surface area contributed by atoms with E-state index in [9.17, 15) is 20.3 Å². The first-order chi connectivity index (χ1) is 16.9. The van der Waals surface area contributed by atoms with Crippen molar-refractivity contribution >= 4 is 5.69 Å². The minimum absolute atomic E-state index is 0.0504. The second-order valence-corrected chi connectivity index (χ2v) is 7.64. The number of hydrogen-bond donors (Lipinski definition) is 2. The summed E-state index contributed by atoms with van der Waals surface area (Å²) in [6.07, 6.45) is 0. The smallest absolute Gasteiger partial charge is 0.269 e.